The highest BCUT2D eigenvalue weighted by Crippen LogP contribution is 2.38. The van der Waals surface area contributed by atoms with Crippen LogP contribution in [0.15, 0.2) is 55.9 Å². The average Bonchev–Trinajstić information content (AvgIpc) is 2.82. The second-order valence-electron chi connectivity index (χ2n) is 4.49. The summed E-state index contributed by atoms with van der Waals surface area (Å²) in [6, 6.07) is 14.0. The molecule has 0 aliphatic heterocycles. The Morgan fingerprint density at radius 3 is 2.24 bits per heavy atom. The normalized spacial score (nSPS) is 10.8. The summed E-state index contributed by atoms with van der Waals surface area (Å²) in [5.74, 6) is 0.488. The topological polar surface area (TPSA) is 54.7 Å². The van der Waals surface area contributed by atoms with Gasteiger partial charge < -0.3 is 5.73 Å². The first-order valence-electron chi connectivity index (χ1n) is 6.11. The number of rotatable bonds is 2. The molecule has 0 unspecified atom stereocenters. The Hall–Kier alpha value is -1.11. The number of hydrogen-bond acceptors (Lipinski definition) is 2. The van der Waals surface area contributed by atoms with Crippen molar-refractivity contribution in [2.75, 3.05) is 5.73 Å². The predicted octanol–water partition coefficient (Wildman–Crippen LogP) is 5.61. The van der Waals surface area contributed by atoms with Crippen molar-refractivity contribution in [3.05, 3.63) is 55.9 Å². The van der Waals surface area contributed by atoms with E-state index in [1.807, 2.05) is 42.5 Å². The van der Waals surface area contributed by atoms with E-state index in [0.717, 1.165) is 35.8 Å². The highest BCUT2D eigenvalue weighted by atomic mass is 79.9. The van der Waals surface area contributed by atoms with E-state index >= 15 is 0 Å². The van der Waals surface area contributed by atoms with Gasteiger partial charge in [0.1, 0.15) is 0 Å². The van der Waals surface area contributed by atoms with Crippen LogP contribution in [0.4, 0.5) is 5.82 Å². The monoisotopic (exact) mass is 469 g/mol. The van der Waals surface area contributed by atoms with Crippen molar-refractivity contribution in [1.82, 2.24) is 10.2 Å². The molecule has 3 aromatic rings. The number of nitrogen functional groups attached to an aromatic ring is 1. The molecule has 2 aromatic carbocycles. The van der Waals surface area contributed by atoms with E-state index in [2.05, 4.69) is 58.0 Å². The number of halogens is 3. The zero-order chi connectivity index (χ0) is 15.0. The van der Waals surface area contributed by atoms with Crippen molar-refractivity contribution in [1.29, 1.82) is 0 Å². The molecule has 1 aromatic heterocycles. The molecule has 21 heavy (non-hydrogen) atoms. The molecule has 3 N–H and O–H groups in total. The molecule has 3 nitrogen and oxygen atoms in total. The zero-order valence-corrected chi connectivity index (χ0v) is 15.5. The molecule has 1 heterocycles. The molecule has 6 heteroatoms. The van der Waals surface area contributed by atoms with Crippen LogP contribution < -0.4 is 5.73 Å². The second kappa shape index (κ2) is 5.94. The Morgan fingerprint density at radius 2 is 1.57 bits per heavy atom. The van der Waals surface area contributed by atoms with Crippen molar-refractivity contribution in [3.63, 3.8) is 0 Å². The number of nitrogens with zero attached hydrogens (tertiary/aromatic N) is 1. The third-order valence-corrected chi connectivity index (χ3v) is 4.81. The van der Waals surface area contributed by atoms with E-state index in [1.54, 1.807) is 0 Å². The summed E-state index contributed by atoms with van der Waals surface area (Å²) >= 11 is 10.5. The molecular weight excluding hydrogens is 462 g/mol. The molecule has 0 radical (unpaired) electrons. The highest BCUT2D eigenvalue weighted by Gasteiger charge is 2.16. The number of benzene rings is 2. The Balaban J connectivity index is 2.19. The van der Waals surface area contributed by atoms with Gasteiger partial charge in [0.15, 0.2) is 5.82 Å². The van der Waals surface area contributed by atoms with E-state index in [9.17, 15) is 0 Å². The first-order valence-corrected chi connectivity index (χ1v) is 8.49. The van der Waals surface area contributed by atoms with Gasteiger partial charge in [-0.3, -0.25) is 5.10 Å². The van der Waals surface area contributed by atoms with Gasteiger partial charge in [-0.05, 0) is 29.8 Å². The molecule has 0 amide bonds. The SMILES string of the molecule is Nc1n[nH]c(-c2ccc(Br)cc2Br)c1-c1ccc(Br)cc1. The second-order valence-corrected chi connectivity index (χ2v) is 7.18. The lowest BCUT2D eigenvalue weighted by atomic mass is 10.0. The predicted molar refractivity (Wildman–Crippen MR) is 97.0 cm³/mol. The quantitative estimate of drug-likeness (QED) is 0.510. The molecule has 0 spiro atoms. The lowest BCUT2D eigenvalue weighted by molar-refractivity contribution is 1.10. The number of nitrogens with one attached hydrogen (secondary N) is 1. The number of nitrogens with two attached hydrogens (primary N) is 1. The van der Waals surface area contributed by atoms with Crippen LogP contribution in [0.2, 0.25) is 0 Å². The number of anilines is 1. The van der Waals surface area contributed by atoms with Crippen LogP contribution >= 0.6 is 47.8 Å². The van der Waals surface area contributed by atoms with Gasteiger partial charge in [-0.25, -0.2) is 0 Å². The summed E-state index contributed by atoms with van der Waals surface area (Å²) in [5.41, 5.74) is 9.89. The summed E-state index contributed by atoms with van der Waals surface area (Å²) in [6.45, 7) is 0. The first-order chi connectivity index (χ1) is 10.1. The molecular formula is C15H10Br3N3. The van der Waals surface area contributed by atoms with Crippen LogP contribution in [-0.4, -0.2) is 10.2 Å². The van der Waals surface area contributed by atoms with Gasteiger partial charge in [-0.1, -0.05) is 66.0 Å². The summed E-state index contributed by atoms with van der Waals surface area (Å²) in [5, 5.41) is 7.20. The third-order valence-electron chi connectivity index (χ3n) is 3.13. The molecule has 0 fully saturated rings. The first kappa shape index (κ1) is 14.8. The maximum absolute atomic E-state index is 6.05. The van der Waals surface area contributed by atoms with Gasteiger partial charge in [0.05, 0.1) is 11.3 Å². The minimum absolute atomic E-state index is 0.488. The van der Waals surface area contributed by atoms with Crippen molar-refractivity contribution < 1.29 is 0 Å². The van der Waals surface area contributed by atoms with E-state index in [-0.39, 0.29) is 0 Å². The standard InChI is InChI=1S/C15H10Br3N3/c16-9-3-1-8(2-4-9)13-14(20-21-15(13)19)11-6-5-10(17)7-12(11)18/h1-7H,(H3,19,20,21). The van der Waals surface area contributed by atoms with Gasteiger partial charge in [-0.2, -0.15) is 5.10 Å². The molecule has 0 saturated carbocycles. The molecule has 0 atom stereocenters. The molecule has 3 rings (SSSR count). The lowest BCUT2D eigenvalue weighted by Gasteiger charge is -2.07. The van der Waals surface area contributed by atoms with Gasteiger partial charge in [0, 0.05) is 19.0 Å². The lowest BCUT2D eigenvalue weighted by Crippen LogP contribution is -1.89. The van der Waals surface area contributed by atoms with Crippen LogP contribution in [0, 0.1) is 0 Å². The van der Waals surface area contributed by atoms with E-state index < -0.39 is 0 Å². The fourth-order valence-corrected chi connectivity index (χ4v) is 3.66. The largest absolute Gasteiger partial charge is 0.382 e. The van der Waals surface area contributed by atoms with E-state index in [4.69, 9.17) is 5.73 Å². The number of H-pyrrole nitrogens is 1. The number of aromatic amines is 1. The molecule has 0 saturated heterocycles. The molecule has 0 bridgehead atoms. The van der Waals surface area contributed by atoms with Crippen molar-refractivity contribution in [2.45, 2.75) is 0 Å². The Morgan fingerprint density at radius 1 is 0.905 bits per heavy atom. The van der Waals surface area contributed by atoms with Gasteiger partial charge in [0.2, 0.25) is 0 Å². The fourth-order valence-electron chi connectivity index (χ4n) is 2.15. The molecule has 106 valence electrons. The Bertz CT molecular complexity index is 794. The van der Waals surface area contributed by atoms with Crippen molar-refractivity contribution in [2.24, 2.45) is 0 Å². The number of hydrogen-bond donors (Lipinski definition) is 2. The smallest absolute Gasteiger partial charge is 0.153 e. The maximum Gasteiger partial charge on any atom is 0.153 e. The third kappa shape index (κ3) is 2.93. The van der Waals surface area contributed by atoms with Crippen LogP contribution in [0.25, 0.3) is 22.4 Å². The van der Waals surface area contributed by atoms with E-state index in [0.29, 0.717) is 5.82 Å². The maximum atomic E-state index is 6.05. The summed E-state index contributed by atoms with van der Waals surface area (Å²) in [7, 11) is 0. The van der Waals surface area contributed by atoms with E-state index in [1.165, 1.54) is 0 Å². The Kier molecular flexibility index (Phi) is 4.19. The van der Waals surface area contributed by atoms with Gasteiger partial charge >= 0.3 is 0 Å². The molecule has 0 aliphatic carbocycles. The van der Waals surface area contributed by atoms with Crippen LogP contribution in [-0.2, 0) is 0 Å². The minimum Gasteiger partial charge on any atom is -0.382 e. The van der Waals surface area contributed by atoms with Crippen LogP contribution in [0.5, 0.6) is 0 Å². The van der Waals surface area contributed by atoms with Crippen LogP contribution in [0.1, 0.15) is 0 Å². The van der Waals surface area contributed by atoms with Crippen molar-refractivity contribution in [3.8, 4) is 22.4 Å². The summed E-state index contributed by atoms with van der Waals surface area (Å²) in [4.78, 5) is 0. The van der Waals surface area contributed by atoms with Gasteiger partial charge in [-0.15, -0.1) is 0 Å². The summed E-state index contributed by atoms with van der Waals surface area (Å²) in [6.07, 6.45) is 0. The zero-order valence-electron chi connectivity index (χ0n) is 10.7. The van der Waals surface area contributed by atoms with Crippen LogP contribution in [0.3, 0.4) is 0 Å². The Labute approximate surface area is 147 Å². The highest BCUT2D eigenvalue weighted by molar-refractivity contribution is 9.11. The average molecular weight is 472 g/mol. The molecule has 0 aliphatic rings. The van der Waals surface area contributed by atoms with Gasteiger partial charge in [0.25, 0.3) is 0 Å². The number of aromatic nitrogens is 2. The summed E-state index contributed by atoms with van der Waals surface area (Å²) < 4.78 is 3.01. The minimum atomic E-state index is 0.488. The fraction of sp³-hybridized carbons (Fsp3) is 0. The van der Waals surface area contributed by atoms with Crippen molar-refractivity contribution >= 4 is 53.6 Å².